The van der Waals surface area contributed by atoms with Crippen LogP contribution in [0.1, 0.15) is 13.8 Å². The van der Waals surface area contributed by atoms with Crippen molar-refractivity contribution in [1.29, 1.82) is 0 Å². The monoisotopic (exact) mass is 194 g/mol. The van der Waals surface area contributed by atoms with Crippen molar-refractivity contribution in [1.82, 2.24) is 4.90 Å². The lowest BCUT2D eigenvalue weighted by atomic mass is 10.0. The standard InChI is InChI=1S/C8H19ClN2O/c1-6(8(4-10)5-12)11(3)7(2)9/h6-8,12H,4-5,10H2,1-3H3. The van der Waals surface area contributed by atoms with E-state index in [2.05, 4.69) is 0 Å². The Balaban J connectivity index is 4.05. The number of rotatable bonds is 5. The van der Waals surface area contributed by atoms with Gasteiger partial charge in [0.05, 0.1) is 5.50 Å². The summed E-state index contributed by atoms with van der Waals surface area (Å²) < 4.78 is 0. The summed E-state index contributed by atoms with van der Waals surface area (Å²) in [5, 5.41) is 8.98. The summed E-state index contributed by atoms with van der Waals surface area (Å²) in [6.45, 7) is 4.53. The highest BCUT2D eigenvalue weighted by Crippen LogP contribution is 2.12. The summed E-state index contributed by atoms with van der Waals surface area (Å²) in [4.78, 5) is 2.00. The van der Waals surface area contributed by atoms with Crippen LogP contribution in [0.5, 0.6) is 0 Å². The molecule has 0 aliphatic carbocycles. The van der Waals surface area contributed by atoms with Crippen molar-refractivity contribution >= 4 is 11.6 Å². The van der Waals surface area contributed by atoms with Gasteiger partial charge in [0.2, 0.25) is 0 Å². The topological polar surface area (TPSA) is 49.5 Å². The van der Waals surface area contributed by atoms with Gasteiger partial charge in [0.25, 0.3) is 0 Å². The molecule has 0 amide bonds. The Kier molecular flexibility index (Phi) is 5.84. The van der Waals surface area contributed by atoms with Gasteiger partial charge in [-0.05, 0) is 27.4 Å². The number of hydrogen-bond donors (Lipinski definition) is 2. The van der Waals surface area contributed by atoms with Crippen LogP contribution in [-0.2, 0) is 0 Å². The summed E-state index contributed by atoms with van der Waals surface area (Å²) in [5.41, 5.74) is 5.47. The summed E-state index contributed by atoms with van der Waals surface area (Å²) >= 11 is 5.88. The van der Waals surface area contributed by atoms with E-state index < -0.39 is 0 Å². The zero-order chi connectivity index (χ0) is 9.72. The molecule has 3 atom stereocenters. The third-order valence-corrected chi connectivity index (χ3v) is 2.73. The third-order valence-electron chi connectivity index (χ3n) is 2.42. The van der Waals surface area contributed by atoms with E-state index in [1.54, 1.807) is 0 Å². The molecule has 0 fully saturated rings. The molecule has 0 saturated heterocycles. The maximum absolute atomic E-state index is 8.98. The fourth-order valence-corrected chi connectivity index (χ4v) is 1.26. The van der Waals surface area contributed by atoms with Gasteiger partial charge in [0, 0.05) is 18.6 Å². The number of aliphatic hydroxyl groups is 1. The van der Waals surface area contributed by atoms with Crippen LogP contribution in [0.15, 0.2) is 0 Å². The minimum absolute atomic E-state index is 0.0272. The molecule has 0 aliphatic heterocycles. The van der Waals surface area contributed by atoms with E-state index in [0.29, 0.717) is 6.54 Å². The van der Waals surface area contributed by atoms with Gasteiger partial charge in [-0.3, -0.25) is 4.90 Å². The van der Waals surface area contributed by atoms with Crippen LogP contribution in [0.3, 0.4) is 0 Å². The van der Waals surface area contributed by atoms with Crippen molar-refractivity contribution in [2.24, 2.45) is 11.7 Å². The Morgan fingerprint density at radius 1 is 1.50 bits per heavy atom. The molecule has 3 nitrogen and oxygen atoms in total. The SMILES string of the molecule is CC(Cl)N(C)C(C)C(CN)CO. The lowest BCUT2D eigenvalue weighted by Gasteiger charge is -2.31. The quantitative estimate of drug-likeness (QED) is 0.494. The van der Waals surface area contributed by atoms with Gasteiger partial charge in [-0.1, -0.05) is 0 Å². The van der Waals surface area contributed by atoms with E-state index >= 15 is 0 Å². The molecule has 0 heterocycles. The first-order chi connectivity index (χ1) is 5.54. The predicted molar refractivity (Wildman–Crippen MR) is 52.2 cm³/mol. The van der Waals surface area contributed by atoms with Crippen molar-refractivity contribution in [3.8, 4) is 0 Å². The number of nitrogens with two attached hydrogens (primary N) is 1. The van der Waals surface area contributed by atoms with Gasteiger partial charge in [-0.15, -0.1) is 11.6 Å². The molecule has 12 heavy (non-hydrogen) atoms. The minimum atomic E-state index is -0.0272. The molecule has 0 radical (unpaired) electrons. The number of aliphatic hydroxyl groups excluding tert-OH is 1. The lowest BCUT2D eigenvalue weighted by Crippen LogP contribution is -2.43. The van der Waals surface area contributed by atoms with Crippen LogP contribution in [0.25, 0.3) is 0 Å². The highest BCUT2D eigenvalue weighted by atomic mass is 35.5. The zero-order valence-electron chi connectivity index (χ0n) is 8.00. The van der Waals surface area contributed by atoms with Gasteiger partial charge in [-0.25, -0.2) is 0 Å². The summed E-state index contributed by atoms with van der Waals surface area (Å²) in [6.07, 6.45) is 0. The fraction of sp³-hybridized carbons (Fsp3) is 1.00. The normalized spacial score (nSPS) is 19.2. The van der Waals surface area contributed by atoms with Gasteiger partial charge in [-0.2, -0.15) is 0 Å². The molecule has 0 aliphatic rings. The van der Waals surface area contributed by atoms with Crippen molar-refractivity contribution in [2.45, 2.75) is 25.4 Å². The first-order valence-corrected chi connectivity index (χ1v) is 4.65. The van der Waals surface area contributed by atoms with Crippen molar-refractivity contribution < 1.29 is 5.11 Å². The predicted octanol–water partition coefficient (Wildman–Crippen LogP) is 0.459. The zero-order valence-corrected chi connectivity index (χ0v) is 8.75. The van der Waals surface area contributed by atoms with Crippen LogP contribution in [0.2, 0.25) is 0 Å². The summed E-state index contributed by atoms with van der Waals surface area (Å²) in [7, 11) is 1.93. The van der Waals surface area contributed by atoms with Crippen LogP contribution in [-0.4, -0.2) is 41.7 Å². The fourth-order valence-electron chi connectivity index (χ4n) is 1.08. The average Bonchev–Trinajstić information content (AvgIpc) is 2.05. The highest BCUT2D eigenvalue weighted by Gasteiger charge is 2.21. The molecule has 4 heteroatoms. The molecular weight excluding hydrogens is 176 g/mol. The molecule has 0 bridgehead atoms. The second kappa shape index (κ2) is 5.75. The van der Waals surface area contributed by atoms with Crippen LogP contribution in [0.4, 0.5) is 0 Å². The number of alkyl halides is 1. The van der Waals surface area contributed by atoms with Crippen LogP contribution >= 0.6 is 11.6 Å². The van der Waals surface area contributed by atoms with Crippen molar-refractivity contribution in [2.75, 3.05) is 20.2 Å². The average molecular weight is 195 g/mol. The van der Waals surface area contributed by atoms with Gasteiger partial charge in [0.1, 0.15) is 0 Å². The molecule has 0 spiro atoms. The van der Waals surface area contributed by atoms with E-state index in [1.165, 1.54) is 0 Å². The molecule has 3 unspecified atom stereocenters. The minimum Gasteiger partial charge on any atom is -0.396 e. The first-order valence-electron chi connectivity index (χ1n) is 4.21. The number of hydrogen-bond acceptors (Lipinski definition) is 3. The van der Waals surface area contributed by atoms with E-state index in [0.717, 1.165) is 0 Å². The molecular formula is C8H19ClN2O. The molecule has 74 valence electrons. The number of halogens is 1. The second-order valence-corrected chi connectivity index (χ2v) is 3.79. The highest BCUT2D eigenvalue weighted by molar-refractivity contribution is 6.20. The second-order valence-electron chi connectivity index (χ2n) is 3.16. The maximum Gasteiger partial charge on any atom is 0.0821 e. The smallest absolute Gasteiger partial charge is 0.0821 e. The van der Waals surface area contributed by atoms with Gasteiger partial charge in [0.15, 0.2) is 0 Å². The lowest BCUT2D eigenvalue weighted by molar-refractivity contribution is 0.126. The molecule has 0 rings (SSSR count). The van der Waals surface area contributed by atoms with E-state index in [9.17, 15) is 0 Å². The van der Waals surface area contributed by atoms with E-state index in [-0.39, 0.29) is 24.1 Å². The van der Waals surface area contributed by atoms with Crippen LogP contribution in [0, 0.1) is 5.92 Å². The molecule has 0 aromatic rings. The summed E-state index contributed by atoms with van der Waals surface area (Å²) in [6, 6.07) is 0.215. The van der Waals surface area contributed by atoms with Gasteiger partial charge < -0.3 is 10.8 Å². The van der Waals surface area contributed by atoms with Crippen molar-refractivity contribution in [3.05, 3.63) is 0 Å². The Labute approximate surface area is 79.5 Å². The Hall–Kier alpha value is 0.170. The Morgan fingerprint density at radius 2 is 2.00 bits per heavy atom. The Morgan fingerprint density at radius 3 is 2.25 bits per heavy atom. The largest absolute Gasteiger partial charge is 0.396 e. The third kappa shape index (κ3) is 3.27. The van der Waals surface area contributed by atoms with E-state index in [4.69, 9.17) is 22.4 Å². The van der Waals surface area contributed by atoms with Crippen molar-refractivity contribution in [3.63, 3.8) is 0 Å². The first kappa shape index (κ1) is 12.2. The Bertz CT molecular complexity index is 116. The number of nitrogens with zero attached hydrogens (tertiary/aromatic N) is 1. The maximum atomic E-state index is 8.98. The van der Waals surface area contributed by atoms with E-state index in [1.807, 2.05) is 25.8 Å². The molecule has 0 saturated carbocycles. The molecule has 0 aromatic heterocycles. The molecule has 3 N–H and O–H groups in total. The van der Waals surface area contributed by atoms with Gasteiger partial charge >= 0.3 is 0 Å². The summed E-state index contributed by atoms with van der Waals surface area (Å²) in [5.74, 6) is 0.108. The molecule has 0 aromatic carbocycles. The van der Waals surface area contributed by atoms with Crippen LogP contribution < -0.4 is 5.73 Å².